The summed E-state index contributed by atoms with van der Waals surface area (Å²) in [6, 6.07) is 6.39. The van der Waals surface area contributed by atoms with Crippen LogP contribution in [0.2, 0.25) is 0 Å². The second kappa shape index (κ2) is 7.01. The zero-order chi connectivity index (χ0) is 17.2. The van der Waals surface area contributed by atoms with Gasteiger partial charge in [0.2, 0.25) is 0 Å². The van der Waals surface area contributed by atoms with Gasteiger partial charge in [-0.1, -0.05) is 23.1 Å². The van der Waals surface area contributed by atoms with Crippen molar-refractivity contribution in [1.29, 1.82) is 0 Å². The van der Waals surface area contributed by atoms with Crippen LogP contribution >= 0.6 is 0 Å². The molecule has 25 heavy (non-hydrogen) atoms. The number of aromatic nitrogens is 3. The molecule has 130 valence electrons. The lowest BCUT2D eigenvalue weighted by Gasteiger charge is -2.22. The van der Waals surface area contributed by atoms with Crippen molar-refractivity contribution in [1.82, 2.24) is 15.0 Å². The van der Waals surface area contributed by atoms with E-state index in [1.807, 2.05) is 4.68 Å². The molecule has 4 heteroatoms. The van der Waals surface area contributed by atoms with Gasteiger partial charge in [0.1, 0.15) is 5.69 Å². The molecule has 0 bridgehead atoms. The van der Waals surface area contributed by atoms with E-state index in [-0.39, 0.29) is 6.10 Å². The molecule has 0 unspecified atom stereocenters. The highest BCUT2D eigenvalue weighted by molar-refractivity contribution is 5.66. The second-order valence-corrected chi connectivity index (χ2v) is 7.27. The first-order valence-corrected chi connectivity index (χ1v) is 9.35. The third-order valence-corrected chi connectivity index (χ3v) is 5.11. The van der Waals surface area contributed by atoms with E-state index in [1.54, 1.807) is 0 Å². The van der Waals surface area contributed by atoms with E-state index in [9.17, 15) is 0 Å². The first kappa shape index (κ1) is 16.4. The topological polar surface area (TPSA) is 39.9 Å². The Morgan fingerprint density at radius 2 is 2.08 bits per heavy atom. The Morgan fingerprint density at radius 3 is 2.80 bits per heavy atom. The molecular weight excluding hydrogens is 310 g/mol. The third kappa shape index (κ3) is 3.77. The average molecular weight is 335 g/mol. The second-order valence-electron chi connectivity index (χ2n) is 7.27. The number of aryl methyl sites for hydroxylation is 1. The lowest BCUT2D eigenvalue weighted by atomic mass is 10.0. The molecule has 0 radical (unpaired) electrons. The van der Waals surface area contributed by atoms with Gasteiger partial charge in [-0.15, -0.1) is 5.10 Å². The van der Waals surface area contributed by atoms with Crippen LogP contribution in [-0.2, 0) is 11.3 Å². The summed E-state index contributed by atoms with van der Waals surface area (Å²) in [4.78, 5) is 0. The van der Waals surface area contributed by atoms with Crippen LogP contribution in [0.4, 0.5) is 0 Å². The summed E-state index contributed by atoms with van der Waals surface area (Å²) >= 11 is 0. The molecule has 0 N–H and O–H groups in total. The van der Waals surface area contributed by atoms with Gasteiger partial charge in [-0.3, -0.25) is 0 Å². The molecular formula is C21H25N3O. The summed E-state index contributed by atoms with van der Waals surface area (Å²) in [7, 11) is 0. The highest BCUT2D eigenvalue weighted by Gasteiger charge is 2.19. The first-order chi connectivity index (χ1) is 12.2. The van der Waals surface area contributed by atoms with Gasteiger partial charge in [0.05, 0.1) is 18.3 Å². The van der Waals surface area contributed by atoms with Crippen LogP contribution < -0.4 is 0 Å². The van der Waals surface area contributed by atoms with Gasteiger partial charge in [0.15, 0.2) is 0 Å². The van der Waals surface area contributed by atoms with Gasteiger partial charge in [-0.2, -0.15) is 0 Å². The zero-order valence-electron chi connectivity index (χ0n) is 15.1. The minimum atomic E-state index is 0.267. The fourth-order valence-corrected chi connectivity index (χ4v) is 3.35. The van der Waals surface area contributed by atoms with Crippen LogP contribution in [0.15, 0.2) is 18.2 Å². The SMILES string of the molecule is Cc1cc(C#CC2CC2)ccc1-c1nnn(C[C@H]2CCCCO2)c1C. The van der Waals surface area contributed by atoms with E-state index in [1.165, 1.54) is 31.2 Å². The van der Waals surface area contributed by atoms with Crippen molar-refractivity contribution < 1.29 is 4.74 Å². The van der Waals surface area contributed by atoms with Crippen LogP contribution in [0.1, 0.15) is 48.9 Å². The quantitative estimate of drug-likeness (QED) is 0.799. The minimum Gasteiger partial charge on any atom is -0.376 e. The molecule has 0 amide bonds. The summed E-state index contributed by atoms with van der Waals surface area (Å²) in [6.07, 6.45) is 6.32. The summed E-state index contributed by atoms with van der Waals surface area (Å²) in [5, 5.41) is 8.82. The molecule has 1 atom stereocenters. The largest absolute Gasteiger partial charge is 0.376 e. The van der Waals surface area contributed by atoms with Gasteiger partial charge in [0, 0.05) is 23.7 Å². The molecule has 4 nitrogen and oxygen atoms in total. The van der Waals surface area contributed by atoms with Crippen molar-refractivity contribution in [2.45, 2.75) is 58.6 Å². The fourth-order valence-electron chi connectivity index (χ4n) is 3.35. The number of rotatable bonds is 3. The molecule has 1 aliphatic heterocycles. The number of ether oxygens (including phenoxy) is 1. The number of nitrogens with zero attached hydrogens (tertiary/aromatic N) is 3. The van der Waals surface area contributed by atoms with Crippen molar-refractivity contribution in [3.05, 3.63) is 35.0 Å². The van der Waals surface area contributed by atoms with E-state index in [0.29, 0.717) is 5.92 Å². The maximum atomic E-state index is 5.84. The van der Waals surface area contributed by atoms with Crippen LogP contribution in [0.25, 0.3) is 11.3 Å². The summed E-state index contributed by atoms with van der Waals surface area (Å²) in [5.41, 5.74) is 5.51. The molecule has 2 aromatic rings. The van der Waals surface area contributed by atoms with Crippen LogP contribution in [0.3, 0.4) is 0 Å². The Morgan fingerprint density at radius 1 is 1.20 bits per heavy atom. The normalized spacial score (nSPS) is 20.2. The molecule has 2 fully saturated rings. The maximum Gasteiger partial charge on any atom is 0.116 e. The molecule has 4 rings (SSSR count). The van der Waals surface area contributed by atoms with Crippen molar-refractivity contribution in [3.63, 3.8) is 0 Å². The Labute approximate surface area is 149 Å². The van der Waals surface area contributed by atoms with Crippen LogP contribution in [0, 0.1) is 31.6 Å². The van der Waals surface area contributed by atoms with Gasteiger partial charge < -0.3 is 4.74 Å². The third-order valence-electron chi connectivity index (χ3n) is 5.11. The van der Waals surface area contributed by atoms with E-state index in [2.05, 4.69) is 54.2 Å². The lowest BCUT2D eigenvalue weighted by molar-refractivity contribution is 0.00337. The first-order valence-electron chi connectivity index (χ1n) is 9.35. The number of hydrogen-bond donors (Lipinski definition) is 0. The minimum absolute atomic E-state index is 0.267. The van der Waals surface area contributed by atoms with Crippen LogP contribution in [-0.4, -0.2) is 27.7 Å². The van der Waals surface area contributed by atoms with Gasteiger partial charge in [-0.05, 0) is 63.6 Å². The zero-order valence-corrected chi connectivity index (χ0v) is 15.1. The van der Waals surface area contributed by atoms with E-state index in [4.69, 9.17) is 4.74 Å². The fraction of sp³-hybridized carbons (Fsp3) is 0.524. The van der Waals surface area contributed by atoms with E-state index in [0.717, 1.165) is 42.1 Å². The number of hydrogen-bond acceptors (Lipinski definition) is 3. The number of benzene rings is 1. The molecule has 1 aromatic heterocycles. The lowest BCUT2D eigenvalue weighted by Crippen LogP contribution is -2.25. The van der Waals surface area contributed by atoms with Crippen molar-refractivity contribution in [2.75, 3.05) is 6.61 Å². The molecule has 1 saturated carbocycles. The average Bonchev–Trinajstić information content (AvgIpc) is 3.39. The predicted molar refractivity (Wildman–Crippen MR) is 98.1 cm³/mol. The Kier molecular flexibility index (Phi) is 4.59. The summed E-state index contributed by atoms with van der Waals surface area (Å²) in [6.45, 7) is 5.88. The summed E-state index contributed by atoms with van der Waals surface area (Å²) in [5.74, 6) is 7.25. The predicted octanol–water partition coefficient (Wildman–Crippen LogP) is 3.89. The van der Waals surface area contributed by atoms with Crippen LogP contribution in [0.5, 0.6) is 0 Å². The van der Waals surface area contributed by atoms with E-state index < -0.39 is 0 Å². The standard InChI is InChI=1S/C21H25N3O/c1-15-13-18(9-8-17-6-7-17)10-11-20(15)21-16(2)24(23-22-21)14-19-5-3-4-12-25-19/h10-11,13,17,19H,3-7,12,14H2,1-2H3/t19-/m1/s1. The van der Waals surface area contributed by atoms with Gasteiger partial charge in [0.25, 0.3) is 0 Å². The molecule has 2 aliphatic rings. The highest BCUT2D eigenvalue weighted by atomic mass is 16.5. The molecule has 0 spiro atoms. The van der Waals surface area contributed by atoms with Gasteiger partial charge >= 0.3 is 0 Å². The van der Waals surface area contributed by atoms with Crippen molar-refractivity contribution in [3.8, 4) is 23.1 Å². The van der Waals surface area contributed by atoms with Crippen molar-refractivity contribution in [2.24, 2.45) is 5.92 Å². The Hall–Kier alpha value is -2.12. The Balaban J connectivity index is 1.54. The summed E-state index contributed by atoms with van der Waals surface area (Å²) < 4.78 is 7.83. The molecule has 2 heterocycles. The smallest absolute Gasteiger partial charge is 0.116 e. The van der Waals surface area contributed by atoms with Gasteiger partial charge in [-0.25, -0.2) is 4.68 Å². The molecule has 1 saturated heterocycles. The van der Waals surface area contributed by atoms with E-state index >= 15 is 0 Å². The Bertz CT molecular complexity index is 817. The van der Waals surface area contributed by atoms with Crippen molar-refractivity contribution >= 4 is 0 Å². The molecule has 1 aliphatic carbocycles. The molecule has 1 aromatic carbocycles. The highest BCUT2D eigenvalue weighted by Crippen LogP contribution is 2.28. The maximum absolute atomic E-state index is 5.84. The monoisotopic (exact) mass is 335 g/mol.